The Bertz CT molecular complexity index is 257. The van der Waals surface area contributed by atoms with Gasteiger partial charge in [0.1, 0.15) is 5.69 Å². The molecular formula is C9H17N3O. The maximum atomic E-state index is 5.10. The molecule has 0 aliphatic heterocycles. The first-order valence-electron chi connectivity index (χ1n) is 4.59. The van der Waals surface area contributed by atoms with Crippen molar-refractivity contribution in [2.24, 2.45) is 7.05 Å². The maximum Gasteiger partial charge on any atom is 0.256 e. The average molecular weight is 183 g/mol. The van der Waals surface area contributed by atoms with Crippen LogP contribution in [0.15, 0.2) is 6.20 Å². The normalized spacial score (nSPS) is 10.1. The van der Waals surface area contributed by atoms with E-state index in [0.29, 0.717) is 5.88 Å². The van der Waals surface area contributed by atoms with E-state index >= 15 is 0 Å². The van der Waals surface area contributed by atoms with E-state index in [1.807, 2.05) is 13.2 Å². The second-order valence-electron chi connectivity index (χ2n) is 3.01. The molecular weight excluding hydrogens is 166 g/mol. The number of ether oxygens (including phenoxy) is 1. The Balaban J connectivity index is 2.53. The molecule has 1 heterocycles. The van der Waals surface area contributed by atoms with Crippen LogP contribution in [-0.2, 0) is 7.05 Å². The van der Waals surface area contributed by atoms with E-state index in [2.05, 4.69) is 17.3 Å². The monoisotopic (exact) mass is 183 g/mol. The van der Waals surface area contributed by atoms with Gasteiger partial charge in [-0.25, -0.2) is 0 Å². The molecule has 0 atom stereocenters. The van der Waals surface area contributed by atoms with E-state index in [1.165, 1.54) is 6.42 Å². The van der Waals surface area contributed by atoms with E-state index in [9.17, 15) is 0 Å². The molecule has 4 nitrogen and oxygen atoms in total. The minimum Gasteiger partial charge on any atom is -0.478 e. The van der Waals surface area contributed by atoms with Crippen LogP contribution >= 0.6 is 0 Å². The zero-order valence-electron chi connectivity index (χ0n) is 8.50. The number of aromatic nitrogens is 2. The summed E-state index contributed by atoms with van der Waals surface area (Å²) in [4.78, 5) is 0. The van der Waals surface area contributed by atoms with Crippen LogP contribution in [0.4, 0.5) is 5.69 Å². The number of aryl methyl sites for hydroxylation is 1. The van der Waals surface area contributed by atoms with Gasteiger partial charge in [-0.15, -0.1) is 5.10 Å². The van der Waals surface area contributed by atoms with Crippen LogP contribution in [0.5, 0.6) is 5.88 Å². The highest BCUT2D eigenvalue weighted by molar-refractivity contribution is 5.50. The van der Waals surface area contributed by atoms with Crippen molar-refractivity contribution in [2.75, 3.05) is 19.0 Å². The summed E-state index contributed by atoms with van der Waals surface area (Å²) in [5, 5.41) is 7.42. The van der Waals surface area contributed by atoms with Crippen LogP contribution in [0.1, 0.15) is 19.8 Å². The molecule has 0 unspecified atom stereocenters. The zero-order valence-corrected chi connectivity index (χ0v) is 8.50. The van der Waals surface area contributed by atoms with Gasteiger partial charge in [0.15, 0.2) is 0 Å². The summed E-state index contributed by atoms with van der Waals surface area (Å²) in [6, 6.07) is 0. The first-order chi connectivity index (χ1) is 6.27. The van der Waals surface area contributed by atoms with Gasteiger partial charge in [-0.3, -0.25) is 4.68 Å². The van der Waals surface area contributed by atoms with Crippen molar-refractivity contribution in [1.29, 1.82) is 0 Å². The van der Waals surface area contributed by atoms with Gasteiger partial charge in [-0.1, -0.05) is 13.3 Å². The molecule has 1 N–H and O–H groups in total. The van der Waals surface area contributed by atoms with Crippen molar-refractivity contribution in [1.82, 2.24) is 9.78 Å². The first-order valence-corrected chi connectivity index (χ1v) is 4.59. The fraction of sp³-hybridized carbons (Fsp3) is 0.667. The van der Waals surface area contributed by atoms with Crippen LogP contribution in [0.3, 0.4) is 0 Å². The number of methoxy groups -OCH3 is 1. The first kappa shape index (κ1) is 9.89. The van der Waals surface area contributed by atoms with Crippen molar-refractivity contribution in [3.8, 4) is 5.88 Å². The summed E-state index contributed by atoms with van der Waals surface area (Å²) in [6.07, 6.45) is 4.28. The molecule has 1 rings (SSSR count). The molecule has 0 aliphatic rings. The number of hydrogen-bond donors (Lipinski definition) is 1. The van der Waals surface area contributed by atoms with Crippen molar-refractivity contribution >= 4 is 5.69 Å². The van der Waals surface area contributed by atoms with Crippen LogP contribution < -0.4 is 10.1 Å². The summed E-state index contributed by atoms with van der Waals surface area (Å²) >= 11 is 0. The van der Waals surface area contributed by atoms with Gasteiger partial charge in [0.2, 0.25) is 0 Å². The Kier molecular flexibility index (Phi) is 3.61. The van der Waals surface area contributed by atoms with E-state index < -0.39 is 0 Å². The summed E-state index contributed by atoms with van der Waals surface area (Å²) in [7, 11) is 3.51. The molecule has 0 aromatic carbocycles. The standard InChI is InChI=1S/C9H17N3O/c1-4-5-6-10-8-7-12(2)11-9(8)13-3/h7,10H,4-6H2,1-3H3. The molecule has 1 aromatic heterocycles. The zero-order chi connectivity index (χ0) is 9.68. The molecule has 74 valence electrons. The third-order valence-electron chi connectivity index (χ3n) is 1.83. The Labute approximate surface area is 78.9 Å². The lowest BCUT2D eigenvalue weighted by atomic mass is 10.3. The lowest BCUT2D eigenvalue weighted by molar-refractivity contribution is 0.393. The number of nitrogens with zero attached hydrogens (tertiary/aromatic N) is 2. The van der Waals surface area contributed by atoms with Gasteiger partial charge >= 0.3 is 0 Å². The Morgan fingerprint density at radius 3 is 3.00 bits per heavy atom. The van der Waals surface area contributed by atoms with Gasteiger partial charge < -0.3 is 10.1 Å². The van der Waals surface area contributed by atoms with E-state index in [1.54, 1.807) is 11.8 Å². The molecule has 0 spiro atoms. The van der Waals surface area contributed by atoms with Gasteiger partial charge in [0.05, 0.1) is 13.3 Å². The molecule has 0 fully saturated rings. The van der Waals surface area contributed by atoms with Crippen LogP contribution in [-0.4, -0.2) is 23.4 Å². The van der Waals surface area contributed by atoms with Gasteiger partial charge in [0.25, 0.3) is 5.88 Å². The van der Waals surface area contributed by atoms with Crippen molar-refractivity contribution < 1.29 is 4.74 Å². The molecule has 0 bridgehead atoms. The number of unbranched alkanes of at least 4 members (excludes halogenated alkanes) is 1. The minimum atomic E-state index is 0.665. The van der Waals surface area contributed by atoms with Gasteiger partial charge in [-0.05, 0) is 6.42 Å². The molecule has 0 saturated carbocycles. The predicted octanol–water partition coefficient (Wildman–Crippen LogP) is 1.64. The van der Waals surface area contributed by atoms with Crippen LogP contribution in [0.25, 0.3) is 0 Å². The molecule has 0 amide bonds. The highest BCUT2D eigenvalue weighted by Crippen LogP contribution is 2.20. The third-order valence-corrected chi connectivity index (χ3v) is 1.83. The van der Waals surface area contributed by atoms with Crippen molar-refractivity contribution in [3.63, 3.8) is 0 Å². The average Bonchev–Trinajstić information content (AvgIpc) is 2.47. The highest BCUT2D eigenvalue weighted by Gasteiger charge is 2.05. The molecule has 13 heavy (non-hydrogen) atoms. The number of hydrogen-bond acceptors (Lipinski definition) is 3. The van der Waals surface area contributed by atoms with Crippen LogP contribution in [0, 0.1) is 0 Å². The summed E-state index contributed by atoms with van der Waals surface area (Å²) < 4.78 is 6.85. The Morgan fingerprint density at radius 2 is 2.38 bits per heavy atom. The minimum absolute atomic E-state index is 0.665. The summed E-state index contributed by atoms with van der Waals surface area (Å²) in [5.41, 5.74) is 0.971. The summed E-state index contributed by atoms with van der Waals surface area (Å²) in [6.45, 7) is 3.14. The fourth-order valence-electron chi connectivity index (χ4n) is 1.14. The smallest absolute Gasteiger partial charge is 0.256 e. The molecule has 0 saturated heterocycles. The van der Waals surface area contributed by atoms with E-state index in [0.717, 1.165) is 18.7 Å². The van der Waals surface area contributed by atoms with E-state index in [-0.39, 0.29) is 0 Å². The third kappa shape index (κ3) is 2.65. The van der Waals surface area contributed by atoms with Crippen molar-refractivity contribution in [2.45, 2.75) is 19.8 Å². The summed E-state index contributed by atoms with van der Waals surface area (Å²) in [5.74, 6) is 0.665. The lowest BCUT2D eigenvalue weighted by Crippen LogP contribution is -2.01. The highest BCUT2D eigenvalue weighted by atomic mass is 16.5. The van der Waals surface area contributed by atoms with Crippen LogP contribution in [0.2, 0.25) is 0 Å². The fourth-order valence-corrected chi connectivity index (χ4v) is 1.14. The maximum absolute atomic E-state index is 5.10. The Hall–Kier alpha value is -1.19. The number of rotatable bonds is 5. The molecule has 4 heteroatoms. The van der Waals surface area contributed by atoms with Gasteiger partial charge in [-0.2, -0.15) is 0 Å². The van der Waals surface area contributed by atoms with E-state index in [4.69, 9.17) is 4.74 Å². The quantitative estimate of drug-likeness (QED) is 0.705. The number of anilines is 1. The molecule has 0 aliphatic carbocycles. The Morgan fingerprint density at radius 1 is 1.62 bits per heavy atom. The topological polar surface area (TPSA) is 39.1 Å². The number of nitrogens with one attached hydrogen (secondary N) is 1. The second kappa shape index (κ2) is 4.74. The largest absolute Gasteiger partial charge is 0.478 e. The molecule has 0 radical (unpaired) electrons. The van der Waals surface area contributed by atoms with Gasteiger partial charge in [0, 0.05) is 13.6 Å². The SMILES string of the molecule is CCCCNc1cn(C)nc1OC. The second-order valence-corrected chi connectivity index (χ2v) is 3.01. The lowest BCUT2D eigenvalue weighted by Gasteiger charge is -2.03. The van der Waals surface area contributed by atoms with Crippen molar-refractivity contribution in [3.05, 3.63) is 6.20 Å². The molecule has 1 aromatic rings. The predicted molar refractivity (Wildman–Crippen MR) is 53.2 cm³/mol.